The Morgan fingerprint density at radius 2 is 1.89 bits per heavy atom. The molecule has 90 valence electrons. The number of anilines is 1. The van der Waals surface area contributed by atoms with E-state index in [4.69, 9.17) is 15.7 Å². The minimum Gasteiger partial charge on any atom is -0.455 e. The Bertz CT molecular complexity index is 588. The van der Waals surface area contributed by atoms with Gasteiger partial charge in [0.2, 0.25) is 0 Å². The average Bonchev–Trinajstić information content (AvgIpc) is 2.38. The number of nitrogens with two attached hydrogens (primary N) is 1. The number of nitrogen functional groups attached to an aromatic ring is 1. The van der Waals surface area contributed by atoms with Crippen molar-refractivity contribution in [1.29, 1.82) is 5.26 Å². The molecule has 3 nitrogen and oxygen atoms in total. The second-order valence-electron chi connectivity index (χ2n) is 3.73. The summed E-state index contributed by atoms with van der Waals surface area (Å²) in [7, 11) is 0. The number of ether oxygens (including phenoxy) is 1. The van der Waals surface area contributed by atoms with E-state index in [0.717, 1.165) is 5.56 Å². The highest BCUT2D eigenvalue weighted by molar-refractivity contribution is 5.54. The Morgan fingerprint density at radius 1 is 1.17 bits per heavy atom. The van der Waals surface area contributed by atoms with E-state index in [1.165, 1.54) is 12.1 Å². The lowest BCUT2D eigenvalue weighted by atomic mass is 10.2. The van der Waals surface area contributed by atoms with Crippen LogP contribution in [-0.4, -0.2) is 0 Å². The second kappa shape index (κ2) is 5.19. The molecule has 0 bridgehead atoms. The highest BCUT2D eigenvalue weighted by Gasteiger charge is 2.06. The van der Waals surface area contributed by atoms with Gasteiger partial charge in [0, 0.05) is 0 Å². The van der Waals surface area contributed by atoms with Crippen molar-refractivity contribution in [2.75, 3.05) is 5.73 Å². The van der Waals surface area contributed by atoms with Crippen molar-refractivity contribution >= 4 is 5.69 Å². The van der Waals surface area contributed by atoms with Gasteiger partial charge in [-0.15, -0.1) is 0 Å². The standard InChI is InChI=1S/C14H11FN2O/c15-12-2-1-3-13(14(12)17)18-11-6-4-10(5-7-11)8-9-16/h1-7H,8,17H2. The monoisotopic (exact) mass is 242 g/mol. The van der Waals surface area contributed by atoms with Crippen molar-refractivity contribution in [3.05, 3.63) is 53.8 Å². The number of benzene rings is 2. The Morgan fingerprint density at radius 3 is 2.56 bits per heavy atom. The third-order valence-electron chi connectivity index (χ3n) is 2.45. The fourth-order valence-corrected chi connectivity index (χ4v) is 1.50. The van der Waals surface area contributed by atoms with Gasteiger partial charge in [-0.3, -0.25) is 0 Å². The van der Waals surface area contributed by atoms with Gasteiger partial charge in [-0.2, -0.15) is 5.26 Å². The number of nitriles is 1. The third-order valence-corrected chi connectivity index (χ3v) is 2.45. The number of nitrogens with zero attached hydrogens (tertiary/aromatic N) is 1. The molecule has 0 aliphatic rings. The zero-order valence-electron chi connectivity index (χ0n) is 9.56. The maximum absolute atomic E-state index is 13.2. The number of hydrogen-bond acceptors (Lipinski definition) is 3. The topological polar surface area (TPSA) is 59.0 Å². The van der Waals surface area contributed by atoms with Crippen molar-refractivity contribution in [3.8, 4) is 17.6 Å². The molecule has 0 unspecified atom stereocenters. The number of rotatable bonds is 3. The average molecular weight is 242 g/mol. The number of halogens is 1. The van der Waals surface area contributed by atoms with Gasteiger partial charge in [-0.1, -0.05) is 18.2 Å². The Kier molecular flexibility index (Phi) is 3.44. The smallest absolute Gasteiger partial charge is 0.153 e. The lowest BCUT2D eigenvalue weighted by Gasteiger charge is -2.08. The van der Waals surface area contributed by atoms with Gasteiger partial charge in [0.05, 0.1) is 12.5 Å². The van der Waals surface area contributed by atoms with Gasteiger partial charge < -0.3 is 10.5 Å². The third kappa shape index (κ3) is 2.58. The van der Waals surface area contributed by atoms with E-state index >= 15 is 0 Å². The van der Waals surface area contributed by atoms with Crippen LogP contribution in [0.3, 0.4) is 0 Å². The highest BCUT2D eigenvalue weighted by Crippen LogP contribution is 2.29. The van der Waals surface area contributed by atoms with Gasteiger partial charge in [-0.05, 0) is 29.8 Å². The Hall–Kier alpha value is -2.54. The van der Waals surface area contributed by atoms with Crippen LogP contribution in [0.25, 0.3) is 0 Å². The molecule has 0 fully saturated rings. The molecule has 2 aromatic rings. The predicted octanol–water partition coefficient (Wildman–Crippen LogP) is 3.27. The first-order valence-corrected chi connectivity index (χ1v) is 5.38. The fourth-order valence-electron chi connectivity index (χ4n) is 1.50. The normalized spacial score (nSPS) is 9.78. The molecule has 0 heterocycles. The SMILES string of the molecule is N#CCc1ccc(Oc2cccc(F)c2N)cc1. The van der Waals surface area contributed by atoms with Crippen LogP contribution in [0, 0.1) is 17.1 Å². The van der Waals surface area contributed by atoms with Crippen LogP contribution in [0.1, 0.15) is 5.56 Å². The van der Waals surface area contributed by atoms with Gasteiger partial charge >= 0.3 is 0 Å². The number of hydrogen-bond donors (Lipinski definition) is 1. The molecular formula is C14H11FN2O. The van der Waals surface area contributed by atoms with Gasteiger partial charge in [0.25, 0.3) is 0 Å². The van der Waals surface area contributed by atoms with E-state index in [1.807, 2.05) is 0 Å². The van der Waals surface area contributed by atoms with E-state index in [2.05, 4.69) is 6.07 Å². The maximum Gasteiger partial charge on any atom is 0.153 e. The zero-order chi connectivity index (χ0) is 13.0. The van der Waals surface area contributed by atoms with Gasteiger partial charge in [0.1, 0.15) is 17.3 Å². The van der Waals surface area contributed by atoms with E-state index in [-0.39, 0.29) is 11.4 Å². The second-order valence-corrected chi connectivity index (χ2v) is 3.73. The zero-order valence-corrected chi connectivity index (χ0v) is 9.56. The molecule has 0 saturated carbocycles. The summed E-state index contributed by atoms with van der Waals surface area (Å²) in [5, 5.41) is 8.55. The Balaban J connectivity index is 2.19. The summed E-state index contributed by atoms with van der Waals surface area (Å²) in [5.74, 6) is 0.325. The summed E-state index contributed by atoms with van der Waals surface area (Å²) in [6.07, 6.45) is 0.350. The molecule has 0 aliphatic carbocycles. The van der Waals surface area contributed by atoms with Crippen LogP contribution >= 0.6 is 0 Å². The largest absolute Gasteiger partial charge is 0.455 e. The summed E-state index contributed by atoms with van der Waals surface area (Å²) in [6.45, 7) is 0. The predicted molar refractivity (Wildman–Crippen MR) is 66.6 cm³/mol. The van der Waals surface area contributed by atoms with E-state index in [0.29, 0.717) is 12.2 Å². The summed E-state index contributed by atoms with van der Waals surface area (Å²) in [5.41, 5.74) is 6.45. The maximum atomic E-state index is 13.2. The highest BCUT2D eigenvalue weighted by atomic mass is 19.1. The lowest BCUT2D eigenvalue weighted by Crippen LogP contribution is -1.95. The van der Waals surface area contributed by atoms with E-state index < -0.39 is 5.82 Å². The fraction of sp³-hybridized carbons (Fsp3) is 0.0714. The Labute approximate surface area is 104 Å². The molecule has 2 aromatic carbocycles. The van der Waals surface area contributed by atoms with Crippen LogP contribution in [0.5, 0.6) is 11.5 Å². The summed E-state index contributed by atoms with van der Waals surface area (Å²) < 4.78 is 18.7. The van der Waals surface area contributed by atoms with Crippen molar-refractivity contribution < 1.29 is 9.13 Å². The molecule has 0 amide bonds. The number of para-hydroxylation sites is 1. The van der Waals surface area contributed by atoms with Crippen molar-refractivity contribution in [2.24, 2.45) is 0 Å². The van der Waals surface area contributed by atoms with E-state index in [9.17, 15) is 4.39 Å². The van der Waals surface area contributed by atoms with Crippen molar-refractivity contribution in [1.82, 2.24) is 0 Å². The van der Waals surface area contributed by atoms with Crippen LogP contribution in [0.4, 0.5) is 10.1 Å². The molecule has 0 radical (unpaired) electrons. The lowest BCUT2D eigenvalue weighted by molar-refractivity contribution is 0.480. The molecule has 0 aliphatic heterocycles. The van der Waals surface area contributed by atoms with Crippen molar-refractivity contribution in [2.45, 2.75) is 6.42 Å². The first kappa shape index (κ1) is 11.9. The molecule has 2 rings (SSSR count). The first-order valence-electron chi connectivity index (χ1n) is 5.38. The molecule has 2 N–H and O–H groups in total. The molecule has 0 spiro atoms. The minimum absolute atomic E-state index is 0.0152. The molecule has 0 aromatic heterocycles. The summed E-state index contributed by atoms with van der Waals surface area (Å²) in [4.78, 5) is 0. The van der Waals surface area contributed by atoms with Crippen molar-refractivity contribution in [3.63, 3.8) is 0 Å². The molecule has 18 heavy (non-hydrogen) atoms. The molecular weight excluding hydrogens is 231 g/mol. The van der Waals surface area contributed by atoms with Gasteiger partial charge in [0.15, 0.2) is 5.75 Å². The minimum atomic E-state index is -0.506. The quantitative estimate of drug-likeness (QED) is 0.840. The van der Waals surface area contributed by atoms with E-state index in [1.54, 1.807) is 30.3 Å². The summed E-state index contributed by atoms with van der Waals surface area (Å²) in [6, 6.07) is 13.5. The van der Waals surface area contributed by atoms with Crippen LogP contribution in [0.15, 0.2) is 42.5 Å². The van der Waals surface area contributed by atoms with Crippen LogP contribution in [0.2, 0.25) is 0 Å². The molecule has 4 heteroatoms. The van der Waals surface area contributed by atoms with Crippen LogP contribution < -0.4 is 10.5 Å². The summed E-state index contributed by atoms with van der Waals surface area (Å²) >= 11 is 0. The van der Waals surface area contributed by atoms with Crippen LogP contribution in [-0.2, 0) is 6.42 Å². The molecule has 0 saturated heterocycles. The first-order chi connectivity index (χ1) is 8.70. The molecule has 0 atom stereocenters. The van der Waals surface area contributed by atoms with Gasteiger partial charge in [-0.25, -0.2) is 4.39 Å².